The minimum absolute atomic E-state index is 0.00430. The van der Waals surface area contributed by atoms with E-state index in [2.05, 4.69) is 30.9 Å². The van der Waals surface area contributed by atoms with Crippen molar-refractivity contribution in [2.75, 3.05) is 36.2 Å². The number of aromatic nitrogens is 5. The summed E-state index contributed by atoms with van der Waals surface area (Å²) in [5.41, 5.74) is 4.81. The Labute approximate surface area is 208 Å². The highest BCUT2D eigenvalue weighted by Crippen LogP contribution is 2.37. The molecule has 10 nitrogen and oxygen atoms in total. The van der Waals surface area contributed by atoms with Crippen molar-refractivity contribution in [2.45, 2.75) is 0 Å². The standard InChI is InChI=1S/C26H26N8O2/c1-34-16-18(17-6-5-10-29-25(17)34)19-8-11-30-26(32-19)33-22-14-21(31-24-7-3-4-9-28-24)20(27-12-13-35)15-23(22)36-2/h3-11,14-16,27,35H,12-13H2,1-2H3,(H,28,31)(H,30,32,33). The van der Waals surface area contributed by atoms with Crippen LogP contribution in [-0.4, -0.2) is 49.9 Å². The SMILES string of the molecule is COc1cc(NCCO)c(Nc2ccccn2)cc1Nc1nccc(-c2cn(C)c3ncccc23)n1. The molecule has 0 amide bonds. The Morgan fingerprint density at radius 1 is 0.917 bits per heavy atom. The molecular formula is C26H26N8O2. The molecule has 10 heteroatoms. The number of aliphatic hydroxyl groups excluding tert-OH is 1. The van der Waals surface area contributed by atoms with E-state index in [1.54, 1.807) is 25.7 Å². The van der Waals surface area contributed by atoms with Gasteiger partial charge in [-0.15, -0.1) is 0 Å². The highest BCUT2D eigenvalue weighted by atomic mass is 16.5. The molecule has 0 aliphatic heterocycles. The number of pyridine rings is 2. The summed E-state index contributed by atoms with van der Waals surface area (Å²) in [5, 5.41) is 20.1. The maximum Gasteiger partial charge on any atom is 0.227 e. The van der Waals surface area contributed by atoms with Crippen LogP contribution in [0.5, 0.6) is 5.75 Å². The van der Waals surface area contributed by atoms with Gasteiger partial charge in [0, 0.05) is 55.4 Å². The normalized spacial score (nSPS) is 10.9. The van der Waals surface area contributed by atoms with Crippen molar-refractivity contribution in [3.63, 3.8) is 0 Å². The fourth-order valence-corrected chi connectivity index (χ4v) is 3.97. The molecule has 0 fully saturated rings. The summed E-state index contributed by atoms with van der Waals surface area (Å²) < 4.78 is 7.63. The van der Waals surface area contributed by atoms with Crippen molar-refractivity contribution < 1.29 is 9.84 Å². The third-order valence-corrected chi connectivity index (χ3v) is 5.61. The molecule has 4 aromatic heterocycles. The van der Waals surface area contributed by atoms with Gasteiger partial charge in [0.05, 0.1) is 36.5 Å². The molecule has 36 heavy (non-hydrogen) atoms. The Kier molecular flexibility index (Phi) is 6.59. The van der Waals surface area contributed by atoms with Crippen molar-refractivity contribution in [3.8, 4) is 17.0 Å². The molecule has 0 spiro atoms. The van der Waals surface area contributed by atoms with Gasteiger partial charge in [-0.2, -0.15) is 0 Å². The largest absolute Gasteiger partial charge is 0.494 e. The number of rotatable bonds is 9. The van der Waals surface area contributed by atoms with E-state index in [9.17, 15) is 5.11 Å². The Morgan fingerprint density at radius 3 is 2.61 bits per heavy atom. The van der Waals surface area contributed by atoms with E-state index in [0.717, 1.165) is 33.7 Å². The van der Waals surface area contributed by atoms with Crippen molar-refractivity contribution >= 4 is 39.9 Å². The average molecular weight is 483 g/mol. The van der Waals surface area contributed by atoms with Gasteiger partial charge in [0.2, 0.25) is 5.95 Å². The minimum atomic E-state index is -0.00430. The van der Waals surface area contributed by atoms with Gasteiger partial charge >= 0.3 is 0 Å². The van der Waals surface area contributed by atoms with Crippen LogP contribution >= 0.6 is 0 Å². The smallest absolute Gasteiger partial charge is 0.227 e. The first-order valence-corrected chi connectivity index (χ1v) is 11.4. The quantitative estimate of drug-likeness (QED) is 0.243. The number of methoxy groups -OCH3 is 1. The number of benzene rings is 1. The first-order valence-electron chi connectivity index (χ1n) is 11.4. The molecule has 4 heterocycles. The number of nitrogens with zero attached hydrogens (tertiary/aromatic N) is 5. The summed E-state index contributed by atoms with van der Waals surface area (Å²) in [4.78, 5) is 18.0. The number of anilines is 5. The van der Waals surface area contributed by atoms with Gasteiger partial charge in [-0.25, -0.2) is 19.9 Å². The van der Waals surface area contributed by atoms with E-state index in [-0.39, 0.29) is 6.61 Å². The zero-order valence-corrected chi connectivity index (χ0v) is 19.9. The molecule has 1 aromatic carbocycles. The van der Waals surface area contributed by atoms with Gasteiger partial charge < -0.3 is 30.4 Å². The zero-order chi connectivity index (χ0) is 24.9. The summed E-state index contributed by atoms with van der Waals surface area (Å²) >= 11 is 0. The molecule has 5 aromatic rings. The highest BCUT2D eigenvalue weighted by molar-refractivity contribution is 5.93. The van der Waals surface area contributed by atoms with Gasteiger partial charge in [0.15, 0.2) is 0 Å². The van der Waals surface area contributed by atoms with Gasteiger partial charge in [0.25, 0.3) is 0 Å². The van der Waals surface area contributed by atoms with E-state index >= 15 is 0 Å². The molecule has 0 bridgehead atoms. The van der Waals surface area contributed by atoms with Crippen molar-refractivity contribution in [1.29, 1.82) is 0 Å². The summed E-state index contributed by atoms with van der Waals surface area (Å²) in [6, 6.07) is 15.2. The van der Waals surface area contributed by atoms with Gasteiger partial charge in [-0.3, -0.25) is 0 Å². The molecule has 0 saturated heterocycles. The van der Waals surface area contributed by atoms with Crippen LogP contribution in [0.25, 0.3) is 22.3 Å². The van der Waals surface area contributed by atoms with Crippen LogP contribution in [-0.2, 0) is 7.05 Å². The lowest BCUT2D eigenvalue weighted by Crippen LogP contribution is -2.09. The highest BCUT2D eigenvalue weighted by Gasteiger charge is 2.15. The molecule has 5 rings (SSSR count). The lowest BCUT2D eigenvalue weighted by atomic mass is 10.1. The topological polar surface area (TPSA) is 122 Å². The zero-order valence-electron chi connectivity index (χ0n) is 19.9. The summed E-state index contributed by atoms with van der Waals surface area (Å²) in [7, 11) is 3.56. The monoisotopic (exact) mass is 482 g/mol. The summed E-state index contributed by atoms with van der Waals surface area (Å²) in [6.45, 7) is 0.382. The number of aryl methyl sites for hydroxylation is 1. The van der Waals surface area contributed by atoms with Gasteiger partial charge in [-0.1, -0.05) is 6.07 Å². The fraction of sp³-hybridized carbons (Fsp3) is 0.154. The van der Waals surface area contributed by atoms with E-state index < -0.39 is 0 Å². The molecule has 182 valence electrons. The summed E-state index contributed by atoms with van der Waals surface area (Å²) in [6.07, 6.45) is 7.23. The van der Waals surface area contributed by atoms with Crippen LogP contribution in [0.3, 0.4) is 0 Å². The Balaban J connectivity index is 1.51. The number of nitrogens with one attached hydrogen (secondary N) is 3. The first-order chi connectivity index (χ1) is 17.7. The van der Waals surface area contributed by atoms with Crippen molar-refractivity contribution in [1.82, 2.24) is 24.5 Å². The van der Waals surface area contributed by atoms with Crippen LogP contribution in [0.15, 0.2) is 73.3 Å². The molecule has 0 saturated carbocycles. The molecule has 4 N–H and O–H groups in total. The molecule has 0 unspecified atom stereocenters. The lowest BCUT2D eigenvalue weighted by molar-refractivity contribution is 0.311. The Hall–Kier alpha value is -4.70. The second-order valence-electron chi connectivity index (χ2n) is 8.01. The Morgan fingerprint density at radius 2 is 1.81 bits per heavy atom. The number of hydrogen-bond donors (Lipinski definition) is 4. The van der Waals surface area contributed by atoms with E-state index in [1.807, 2.05) is 66.3 Å². The predicted octanol–water partition coefficient (Wildman–Crippen LogP) is 4.33. The van der Waals surface area contributed by atoms with Crippen LogP contribution in [0.4, 0.5) is 28.8 Å². The number of aliphatic hydroxyl groups is 1. The van der Waals surface area contributed by atoms with Gasteiger partial charge in [0.1, 0.15) is 17.2 Å². The van der Waals surface area contributed by atoms with Crippen LogP contribution in [0.2, 0.25) is 0 Å². The molecule has 0 radical (unpaired) electrons. The maximum absolute atomic E-state index is 9.31. The van der Waals surface area contributed by atoms with Crippen LogP contribution in [0.1, 0.15) is 0 Å². The van der Waals surface area contributed by atoms with Crippen molar-refractivity contribution in [3.05, 3.63) is 73.3 Å². The van der Waals surface area contributed by atoms with Gasteiger partial charge in [-0.05, 0) is 36.4 Å². The third-order valence-electron chi connectivity index (χ3n) is 5.61. The maximum atomic E-state index is 9.31. The summed E-state index contributed by atoms with van der Waals surface area (Å²) in [5.74, 6) is 1.69. The molecule has 0 aliphatic rings. The molecular weight excluding hydrogens is 456 g/mol. The fourth-order valence-electron chi connectivity index (χ4n) is 3.97. The number of fused-ring (bicyclic) bond motifs is 1. The number of hydrogen-bond acceptors (Lipinski definition) is 9. The van der Waals surface area contributed by atoms with Crippen molar-refractivity contribution in [2.24, 2.45) is 7.05 Å². The predicted molar refractivity (Wildman–Crippen MR) is 141 cm³/mol. The number of ether oxygens (including phenoxy) is 1. The van der Waals surface area contributed by atoms with E-state index in [4.69, 9.17) is 9.72 Å². The first kappa shape index (κ1) is 23.1. The average Bonchev–Trinajstić information content (AvgIpc) is 3.25. The minimum Gasteiger partial charge on any atom is -0.494 e. The second kappa shape index (κ2) is 10.3. The molecule has 0 atom stereocenters. The lowest BCUT2D eigenvalue weighted by Gasteiger charge is -2.18. The Bertz CT molecular complexity index is 1490. The van der Waals surface area contributed by atoms with Crippen LogP contribution in [0, 0.1) is 0 Å². The van der Waals surface area contributed by atoms with E-state index in [1.165, 1.54) is 0 Å². The second-order valence-corrected chi connectivity index (χ2v) is 8.01. The molecule has 0 aliphatic carbocycles. The third kappa shape index (κ3) is 4.75. The van der Waals surface area contributed by atoms with E-state index in [0.29, 0.717) is 29.7 Å². The van der Waals surface area contributed by atoms with Crippen LogP contribution < -0.4 is 20.7 Å².